The number of fused-ring (bicyclic) bond motifs is 1. The molecular formula is C23H28N4O. The monoisotopic (exact) mass is 376 g/mol. The largest absolute Gasteiger partial charge is 0.378 e. The Hall–Kier alpha value is -2.82. The van der Waals surface area contributed by atoms with Gasteiger partial charge in [0.2, 0.25) is 0 Å². The van der Waals surface area contributed by atoms with Crippen molar-refractivity contribution in [3.63, 3.8) is 0 Å². The van der Waals surface area contributed by atoms with E-state index in [-0.39, 0.29) is 5.91 Å². The molecule has 0 spiro atoms. The van der Waals surface area contributed by atoms with Gasteiger partial charge < -0.3 is 14.4 Å². The summed E-state index contributed by atoms with van der Waals surface area (Å²) in [5, 5.41) is 0. The summed E-state index contributed by atoms with van der Waals surface area (Å²) in [5.74, 6) is 1.79. The van der Waals surface area contributed by atoms with Crippen LogP contribution in [0.15, 0.2) is 48.5 Å². The second kappa shape index (κ2) is 7.66. The van der Waals surface area contributed by atoms with Gasteiger partial charge in [-0.1, -0.05) is 18.2 Å². The molecule has 1 saturated heterocycles. The second-order valence-corrected chi connectivity index (χ2v) is 7.94. The molecule has 5 heteroatoms. The maximum Gasteiger partial charge on any atom is 0.253 e. The Labute approximate surface area is 166 Å². The molecule has 0 saturated carbocycles. The molecule has 5 nitrogen and oxygen atoms in total. The van der Waals surface area contributed by atoms with Crippen molar-refractivity contribution < 1.29 is 4.79 Å². The zero-order valence-electron chi connectivity index (χ0n) is 16.9. The number of amides is 1. The van der Waals surface area contributed by atoms with E-state index in [1.54, 1.807) is 0 Å². The number of aromatic nitrogens is 2. The van der Waals surface area contributed by atoms with Crippen LogP contribution in [0.1, 0.15) is 29.0 Å². The molecule has 1 fully saturated rings. The molecule has 0 atom stereocenters. The number of imidazole rings is 1. The summed E-state index contributed by atoms with van der Waals surface area (Å²) in [5.41, 5.74) is 4.11. The quantitative estimate of drug-likeness (QED) is 0.692. The smallest absolute Gasteiger partial charge is 0.253 e. The summed E-state index contributed by atoms with van der Waals surface area (Å²) < 4.78 is 2.33. The lowest BCUT2D eigenvalue weighted by molar-refractivity contribution is 0.0683. The number of nitrogens with zero attached hydrogens (tertiary/aromatic N) is 4. The van der Waals surface area contributed by atoms with Gasteiger partial charge in [-0.2, -0.15) is 0 Å². The van der Waals surface area contributed by atoms with Crippen LogP contribution in [0.3, 0.4) is 0 Å². The Balaban J connectivity index is 1.41. The molecule has 4 rings (SSSR count). The highest BCUT2D eigenvalue weighted by Gasteiger charge is 2.25. The molecule has 0 bridgehead atoms. The van der Waals surface area contributed by atoms with Gasteiger partial charge in [-0.15, -0.1) is 0 Å². The molecule has 146 valence electrons. The Kier molecular flexibility index (Phi) is 5.07. The van der Waals surface area contributed by atoms with Crippen molar-refractivity contribution in [2.45, 2.75) is 26.3 Å². The Bertz CT molecular complexity index is 983. The Morgan fingerprint density at radius 3 is 2.61 bits per heavy atom. The summed E-state index contributed by atoms with van der Waals surface area (Å²) in [6, 6.07) is 16.2. The van der Waals surface area contributed by atoms with Crippen molar-refractivity contribution in [3.05, 3.63) is 59.9 Å². The fourth-order valence-electron chi connectivity index (χ4n) is 4.10. The van der Waals surface area contributed by atoms with Crippen LogP contribution in [0.25, 0.3) is 11.0 Å². The highest BCUT2D eigenvalue weighted by atomic mass is 16.2. The Morgan fingerprint density at radius 1 is 1.11 bits per heavy atom. The van der Waals surface area contributed by atoms with Gasteiger partial charge in [-0.05, 0) is 56.0 Å². The molecule has 0 N–H and O–H groups in total. The third kappa shape index (κ3) is 3.61. The topological polar surface area (TPSA) is 41.4 Å². The van der Waals surface area contributed by atoms with Crippen LogP contribution >= 0.6 is 0 Å². The first kappa shape index (κ1) is 18.5. The minimum atomic E-state index is 0.145. The van der Waals surface area contributed by atoms with Gasteiger partial charge in [0.1, 0.15) is 5.82 Å². The third-order valence-electron chi connectivity index (χ3n) is 5.80. The van der Waals surface area contributed by atoms with Gasteiger partial charge in [0.15, 0.2) is 0 Å². The first-order chi connectivity index (χ1) is 13.5. The summed E-state index contributed by atoms with van der Waals surface area (Å²) in [6.45, 7) is 4.70. The van der Waals surface area contributed by atoms with E-state index in [1.165, 1.54) is 5.52 Å². The molecule has 1 aliphatic rings. The predicted octanol–water partition coefficient (Wildman–Crippen LogP) is 3.96. The van der Waals surface area contributed by atoms with Gasteiger partial charge in [-0.25, -0.2) is 4.98 Å². The van der Waals surface area contributed by atoms with Crippen molar-refractivity contribution in [2.24, 2.45) is 5.92 Å². The summed E-state index contributed by atoms with van der Waals surface area (Å²) in [6.07, 6.45) is 2.07. The number of benzene rings is 2. The number of para-hydroxylation sites is 2. The van der Waals surface area contributed by atoms with Crippen molar-refractivity contribution >= 4 is 22.6 Å². The van der Waals surface area contributed by atoms with Crippen LogP contribution in [0.5, 0.6) is 0 Å². The van der Waals surface area contributed by atoms with E-state index >= 15 is 0 Å². The molecule has 2 heterocycles. The van der Waals surface area contributed by atoms with E-state index in [9.17, 15) is 4.79 Å². The molecule has 1 aliphatic heterocycles. The lowest BCUT2D eigenvalue weighted by Crippen LogP contribution is -2.39. The predicted molar refractivity (Wildman–Crippen MR) is 114 cm³/mol. The maximum atomic E-state index is 12.9. The maximum absolute atomic E-state index is 12.9. The zero-order chi connectivity index (χ0) is 19.7. The van der Waals surface area contributed by atoms with Crippen molar-refractivity contribution in [1.82, 2.24) is 14.5 Å². The van der Waals surface area contributed by atoms with Gasteiger partial charge in [0.25, 0.3) is 5.91 Å². The van der Waals surface area contributed by atoms with Gasteiger partial charge in [-0.3, -0.25) is 4.79 Å². The normalized spacial score (nSPS) is 15.2. The average Bonchev–Trinajstić information content (AvgIpc) is 3.03. The number of anilines is 1. The van der Waals surface area contributed by atoms with Gasteiger partial charge in [0.05, 0.1) is 11.0 Å². The fourth-order valence-corrected chi connectivity index (χ4v) is 4.10. The van der Waals surface area contributed by atoms with E-state index in [0.717, 1.165) is 55.1 Å². The average molecular weight is 377 g/mol. The number of hydrogen-bond acceptors (Lipinski definition) is 3. The lowest BCUT2D eigenvalue weighted by atomic mass is 9.96. The molecule has 0 radical (unpaired) electrons. The van der Waals surface area contributed by atoms with E-state index < -0.39 is 0 Å². The van der Waals surface area contributed by atoms with Gasteiger partial charge >= 0.3 is 0 Å². The SMILES string of the molecule is Cc1nc2ccccc2n1CC1CCN(C(=O)c2cccc(N(C)C)c2)CC1. The first-order valence-electron chi connectivity index (χ1n) is 10.0. The van der Waals surface area contributed by atoms with Crippen LogP contribution in [0.2, 0.25) is 0 Å². The van der Waals surface area contributed by atoms with Crippen molar-refractivity contribution in [3.8, 4) is 0 Å². The minimum Gasteiger partial charge on any atom is -0.378 e. The van der Waals surface area contributed by atoms with Crippen molar-refractivity contribution in [2.75, 3.05) is 32.1 Å². The molecule has 3 aromatic rings. The zero-order valence-corrected chi connectivity index (χ0v) is 16.9. The standard InChI is InChI=1S/C23H28N4O/c1-17-24-21-9-4-5-10-22(21)27(17)16-18-11-13-26(14-12-18)23(28)19-7-6-8-20(15-19)25(2)3/h4-10,15,18H,11-14,16H2,1-3H3. The summed E-state index contributed by atoms with van der Waals surface area (Å²) >= 11 is 0. The number of rotatable bonds is 4. The van der Waals surface area contributed by atoms with Crippen LogP contribution in [0.4, 0.5) is 5.69 Å². The number of piperidine rings is 1. The molecule has 2 aromatic carbocycles. The van der Waals surface area contributed by atoms with Crippen LogP contribution in [0, 0.1) is 12.8 Å². The number of hydrogen-bond donors (Lipinski definition) is 0. The van der Waals surface area contributed by atoms with E-state index in [4.69, 9.17) is 0 Å². The fraction of sp³-hybridized carbons (Fsp3) is 0.391. The molecule has 28 heavy (non-hydrogen) atoms. The van der Waals surface area contributed by atoms with E-state index in [2.05, 4.69) is 34.7 Å². The van der Waals surface area contributed by atoms with Crippen molar-refractivity contribution in [1.29, 1.82) is 0 Å². The molecule has 0 unspecified atom stereocenters. The van der Waals surface area contributed by atoms with E-state index in [1.807, 2.05) is 54.2 Å². The van der Waals surface area contributed by atoms with Crippen LogP contribution in [-0.2, 0) is 6.54 Å². The highest BCUT2D eigenvalue weighted by Crippen LogP contribution is 2.25. The third-order valence-corrected chi connectivity index (χ3v) is 5.80. The summed E-state index contributed by atoms with van der Waals surface area (Å²) in [4.78, 5) is 21.6. The minimum absolute atomic E-state index is 0.145. The Morgan fingerprint density at radius 2 is 1.86 bits per heavy atom. The number of likely N-dealkylation sites (tertiary alicyclic amines) is 1. The molecule has 0 aliphatic carbocycles. The van der Waals surface area contributed by atoms with Gasteiger partial charge in [0, 0.05) is 45.0 Å². The highest BCUT2D eigenvalue weighted by molar-refractivity contribution is 5.95. The molecule has 1 aromatic heterocycles. The first-order valence-corrected chi connectivity index (χ1v) is 10.0. The summed E-state index contributed by atoms with van der Waals surface area (Å²) in [7, 11) is 3.99. The lowest BCUT2D eigenvalue weighted by Gasteiger charge is -2.32. The molecular weight excluding hydrogens is 348 g/mol. The number of aryl methyl sites for hydroxylation is 1. The van der Waals surface area contributed by atoms with Crippen LogP contribution < -0.4 is 4.90 Å². The van der Waals surface area contributed by atoms with Crippen LogP contribution in [-0.4, -0.2) is 47.5 Å². The second-order valence-electron chi connectivity index (χ2n) is 7.94. The number of carbonyl (C=O) groups is 1. The van der Waals surface area contributed by atoms with E-state index in [0.29, 0.717) is 5.92 Å². The molecule has 1 amide bonds. The number of carbonyl (C=O) groups excluding carboxylic acids is 1.